The number of aliphatic imine (C=N–C) groups is 1. The Labute approximate surface area is 134 Å². The first kappa shape index (κ1) is 16.5. The van der Waals surface area contributed by atoms with Gasteiger partial charge in [0, 0.05) is 30.3 Å². The van der Waals surface area contributed by atoms with E-state index in [2.05, 4.69) is 4.99 Å². The van der Waals surface area contributed by atoms with E-state index in [4.69, 9.17) is 16.2 Å². The third kappa shape index (κ3) is 2.62. The number of amidine groups is 1. The summed E-state index contributed by atoms with van der Waals surface area (Å²) in [5.74, 6) is 0.239. The highest BCUT2D eigenvalue weighted by Crippen LogP contribution is 2.35. The molecule has 22 heavy (non-hydrogen) atoms. The van der Waals surface area contributed by atoms with Crippen LogP contribution < -0.4 is 11.5 Å². The Bertz CT molecular complexity index is 619. The van der Waals surface area contributed by atoms with Crippen LogP contribution in [0.25, 0.3) is 0 Å². The van der Waals surface area contributed by atoms with E-state index < -0.39 is 11.6 Å². The molecular formula is C15H22N4O2S. The van der Waals surface area contributed by atoms with Crippen LogP contribution in [0.15, 0.2) is 33.8 Å². The molecule has 0 aromatic carbocycles. The number of carbonyl (C=O) groups excluding carboxylic acids is 1. The number of carbonyl (C=O) groups is 1. The summed E-state index contributed by atoms with van der Waals surface area (Å²) in [7, 11) is 3.14. The Morgan fingerprint density at radius 2 is 2.23 bits per heavy atom. The number of hydrogen-bond donors (Lipinski definition) is 2. The summed E-state index contributed by atoms with van der Waals surface area (Å²) in [6.45, 7) is 4.14. The lowest BCUT2D eigenvalue weighted by molar-refractivity contribution is -0.145. The second kappa shape index (κ2) is 6.10. The van der Waals surface area contributed by atoms with Gasteiger partial charge in [-0.15, -0.1) is 11.3 Å². The van der Waals surface area contributed by atoms with Gasteiger partial charge in [0.05, 0.1) is 12.1 Å². The number of methoxy groups -OCH3 is 1. The van der Waals surface area contributed by atoms with E-state index in [9.17, 15) is 4.79 Å². The quantitative estimate of drug-likeness (QED) is 0.644. The van der Waals surface area contributed by atoms with Crippen molar-refractivity contribution in [2.75, 3.05) is 20.7 Å². The smallest absolute Gasteiger partial charge is 0.258 e. The fourth-order valence-corrected chi connectivity index (χ4v) is 3.38. The van der Waals surface area contributed by atoms with Gasteiger partial charge in [0.2, 0.25) is 0 Å². The first-order valence-electron chi connectivity index (χ1n) is 6.94. The molecule has 1 unspecified atom stereocenters. The van der Waals surface area contributed by atoms with Crippen LogP contribution in [-0.4, -0.2) is 42.9 Å². The van der Waals surface area contributed by atoms with Gasteiger partial charge in [0.1, 0.15) is 5.84 Å². The van der Waals surface area contributed by atoms with E-state index in [-0.39, 0.29) is 5.91 Å². The summed E-state index contributed by atoms with van der Waals surface area (Å²) in [4.78, 5) is 19.5. The molecule has 7 heteroatoms. The Balaban J connectivity index is 2.32. The minimum absolute atomic E-state index is 0.128. The average molecular weight is 322 g/mol. The van der Waals surface area contributed by atoms with E-state index in [0.717, 1.165) is 4.88 Å². The Morgan fingerprint density at radius 3 is 2.73 bits per heavy atom. The van der Waals surface area contributed by atoms with Crippen molar-refractivity contribution in [3.05, 3.63) is 33.7 Å². The van der Waals surface area contributed by atoms with Gasteiger partial charge in [-0.05, 0) is 25.3 Å². The van der Waals surface area contributed by atoms with Gasteiger partial charge in [0.25, 0.3) is 5.91 Å². The van der Waals surface area contributed by atoms with Crippen LogP contribution >= 0.6 is 11.3 Å². The Hall–Kier alpha value is -1.86. The number of hydrogen-bond acceptors (Lipinski definition) is 5. The van der Waals surface area contributed by atoms with Crippen molar-refractivity contribution < 1.29 is 9.53 Å². The monoisotopic (exact) mass is 322 g/mol. The van der Waals surface area contributed by atoms with Crippen LogP contribution in [0.2, 0.25) is 0 Å². The van der Waals surface area contributed by atoms with Crippen molar-refractivity contribution in [1.29, 1.82) is 0 Å². The van der Waals surface area contributed by atoms with Crippen molar-refractivity contribution in [2.24, 2.45) is 16.5 Å². The predicted octanol–water partition coefficient (Wildman–Crippen LogP) is 1.26. The van der Waals surface area contributed by atoms with E-state index in [1.54, 1.807) is 11.9 Å². The highest BCUT2D eigenvalue weighted by molar-refractivity contribution is 7.10. The Morgan fingerprint density at radius 1 is 1.55 bits per heavy atom. The molecular weight excluding hydrogens is 300 g/mol. The second-order valence-electron chi connectivity index (χ2n) is 5.62. The number of nitrogens with zero attached hydrogens (tertiary/aromatic N) is 2. The molecule has 1 atom stereocenters. The van der Waals surface area contributed by atoms with Gasteiger partial charge >= 0.3 is 0 Å². The summed E-state index contributed by atoms with van der Waals surface area (Å²) < 4.78 is 5.42. The molecule has 0 bridgehead atoms. The van der Waals surface area contributed by atoms with Crippen LogP contribution in [-0.2, 0) is 9.53 Å². The summed E-state index contributed by atoms with van der Waals surface area (Å²) in [6.07, 6.45) is -0.633. The van der Waals surface area contributed by atoms with Crippen LogP contribution in [0.1, 0.15) is 24.8 Å². The van der Waals surface area contributed by atoms with Gasteiger partial charge in [-0.2, -0.15) is 0 Å². The minimum Gasteiger partial charge on any atom is -0.400 e. The third-order valence-electron chi connectivity index (χ3n) is 4.05. The molecule has 1 amide bonds. The van der Waals surface area contributed by atoms with Gasteiger partial charge in [0.15, 0.2) is 6.10 Å². The molecule has 4 N–H and O–H groups in total. The van der Waals surface area contributed by atoms with Crippen molar-refractivity contribution >= 4 is 23.1 Å². The van der Waals surface area contributed by atoms with Crippen LogP contribution in [0.4, 0.5) is 0 Å². The lowest BCUT2D eigenvalue weighted by Gasteiger charge is -2.35. The molecule has 0 saturated carbocycles. The molecule has 1 aromatic heterocycles. The molecule has 1 aliphatic rings. The standard InChI is InChI=1S/C15H22N4O2S/c1-15(2)12(16)9(13(17)18-3)8-19(15)14(20)11(21-4)10-6-5-7-22-10/h5-7,11H,8,16H2,1-4H3,(H2,17,18). The van der Waals surface area contributed by atoms with Gasteiger partial charge in [-0.3, -0.25) is 9.79 Å². The molecule has 1 aromatic rings. The maximum atomic E-state index is 12.9. The number of amides is 1. The van der Waals surface area contributed by atoms with Crippen molar-refractivity contribution in [3.8, 4) is 0 Å². The van der Waals surface area contributed by atoms with E-state index in [1.807, 2.05) is 31.4 Å². The molecule has 6 nitrogen and oxygen atoms in total. The van der Waals surface area contributed by atoms with E-state index in [0.29, 0.717) is 23.7 Å². The number of thiophene rings is 1. The van der Waals surface area contributed by atoms with Crippen molar-refractivity contribution in [1.82, 2.24) is 4.90 Å². The topological polar surface area (TPSA) is 93.9 Å². The number of rotatable bonds is 4. The first-order valence-corrected chi connectivity index (χ1v) is 7.82. The van der Waals surface area contributed by atoms with Crippen LogP contribution in [0, 0.1) is 0 Å². The molecule has 1 aliphatic heterocycles. The number of nitrogens with two attached hydrogens (primary N) is 2. The zero-order chi connectivity index (χ0) is 16.5. The molecule has 2 rings (SSSR count). The largest absolute Gasteiger partial charge is 0.400 e. The lowest BCUT2D eigenvalue weighted by Crippen LogP contribution is -2.48. The SMILES string of the molecule is CN=C(N)C1=C(N)C(C)(C)N(C(=O)C(OC)c2cccs2)C1. The summed E-state index contributed by atoms with van der Waals surface area (Å²) in [5, 5.41) is 1.92. The maximum Gasteiger partial charge on any atom is 0.258 e. The van der Waals surface area contributed by atoms with E-state index in [1.165, 1.54) is 18.4 Å². The average Bonchev–Trinajstić information content (AvgIpc) is 3.08. The van der Waals surface area contributed by atoms with Crippen molar-refractivity contribution in [2.45, 2.75) is 25.5 Å². The molecule has 2 heterocycles. The molecule has 0 radical (unpaired) electrons. The maximum absolute atomic E-state index is 12.9. The third-order valence-corrected chi connectivity index (χ3v) is 4.97. The second-order valence-corrected chi connectivity index (χ2v) is 6.59. The normalized spacial score (nSPS) is 19.6. The molecule has 0 saturated heterocycles. The minimum atomic E-state index is -0.633. The zero-order valence-corrected chi connectivity index (χ0v) is 14.1. The summed E-state index contributed by atoms with van der Waals surface area (Å²) in [6, 6.07) is 3.79. The highest BCUT2D eigenvalue weighted by Gasteiger charge is 2.44. The van der Waals surface area contributed by atoms with E-state index >= 15 is 0 Å². The summed E-state index contributed by atoms with van der Waals surface area (Å²) >= 11 is 1.49. The van der Waals surface area contributed by atoms with Gasteiger partial charge in [-0.25, -0.2) is 0 Å². The molecule has 0 fully saturated rings. The lowest BCUT2D eigenvalue weighted by atomic mass is 9.99. The first-order chi connectivity index (χ1) is 10.3. The van der Waals surface area contributed by atoms with Gasteiger partial charge in [-0.1, -0.05) is 6.07 Å². The zero-order valence-electron chi connectivity index (χ0n) is 13.3. The molecule has 0 spiro atoms. The van der Waals surface area contributed by atoms with Crippen LogP contribution in [0.5, 0.6) is 0 Å². The van der Waals surface area contributed by atoms with Crippen LogP contribution in [0.3, 0.4) is 0 Å². The molecule has 120 valence electrons. The Kier molecular flexibility index (Phi) is 4.58. The summed E-state index contributed by atoms with van der Waals surface area (Å²) in [5.41, 5.74) is 12.8. The van der Waals surface area contributed by atoms with Crippen molar-refractivity contribution in [3.63, 3.8) is 0 Å². The fraction of sp³-hybridized carbons (Fsp3) is 0.467. The predicted molar refractivity (Wildman–Crippen MR) is 88.6 cm³/mol. The highest BCUT2D eigenvalue weighted by atomic mass is 32.1. The number of ether oxygens (including phenoxy) is 1. The fourth-order valence-electron chi connectivity index (χ4n) is 2.58. The molecule has 0 aliphatic carbocycles. The van der Waals surface area contributed by atoms with Gasteiger partial charge < -0.3 is 21.1 Å².